The van der Waals surface area contributed by atoms with Crippen molar-refractivity contribution in [3.8, 4) is 0 Å². The van der Waals surface area contributed by atoms with Gasteiger partial charge in [0.05, 0.1) is 6.04 Å². The standard InChI is InChI=1S/C16H30N2O/c1-3-5-13(2)12-16(19)15-6-4-11-18(15)14-7-9-17-10-8-14/h13-15,17H,3-12H2,1-2H3. The quantitative estimate of drug-likeness (QED) is 0.802. The Morgan fingerprint density at radius 2 is 2.05 bits per heavy atom. The number of nitrogens with zero attached hydrogens (tertiary/aromatic N) is 1. The molecule has 0 aromatic rings. The Morgan fingerprint density at radius 3 is 2.74 bits per heavy atom. The Hall–Kier alpha value is -0.410. The van der Waals surface area contributed by atoms with Crippen LogP contribution in [-0.2, 0) is 4.79 Å². The van der Waals surface area contributed by atoms with Gasteiger partial charge in [-0.2, -0.15) is 0 Å². The highest BCUT2D eigenvalue weighted by atomic mass is 16.1. The predicted molar refractivity (Wildman–Crippen MR) is 79.3 cm³/mol. The fraction of sp³-hybridized carbons (Fsp3) is 0.938. The van der Waals surface area contributed by atoms with Gasteiger partial charge in [0.15, 0.2) is 0 Å². The van der Waals surface area contributed by atoms with E-state index in [0.717, 1.165) is 32.5 Å². The van der Waals surface area contributed by atoms with Crippen molar-refractivity contribution in [3.05, 3.63) is 0 Å². The van der Waals surface area contributed by atoms with Gasteiger partial charge >= 0.3 is 0 Å². The predicted octanol–water partition coefficient (Wildman–Crippen LogP) is 2.60. The lowest BCUT2D eigenvalue weighted by atomic mass is 9.94. The first-order valence-electron chi connectivity index (χ1n) is 8.21. The molecule has 2 fully saturated rings. The van der Waals surface area contributed by atoms with Crippen molar-refractivity contribution in [1.29, 1.82) is 0 Å². The highest BCUT2D eigenvalue weighted by molar-refractivity contribution is 5.84. The van der Waals surface area contributed by atoms with Gasteiger partial charge in [0, 0.05) is 12.5 Å². The molecule has 19 heavy (non-hydrogen) atoms. The van der Waals surface area contributed by atoms with E-state index in [-0.39, 0.29) is 6.04 Å². The zero-order chi connectivity index (χ0) is 13.7. The number of nitrogens with one attached hydrogen (secondary N) is 1. The van der Waals surface area contributed by atoms with Crippen molar-refractivity contribution >= 4 is 5.78 Å². The van der Waals surface area contributed by atoms with Crippen LogP contribution in [0.15, 0.2) is 0 Å². The molecule has 0 radical (unpaired) electrons. The fourth-order valence-corrected chi connectivity index (χ4v) is 3.78. The topological polar surface area (TPSA) is 32.3 Å². The zero-order valence-electron chi connectivity index (χ0n) is 12.7. The summed E-state index contributed by atoms with van der Waals surface area (Å²) in [5, 5.41) is 3.42. The number of hydrogen-bond acceptors (Lipinski definition) is 3. The number of piperidine rings is 1. The van der Waals surface area contributed by atoms with Crippen LogP contribution in [0.2, 0.25) is 0 Å². The van der Waals surface area contributed by atoms with E-state index in [1.807, 2.05) is 0 Å². The summed E-state index contributed by atoms with van der Waals surface area (Å²) in [5.74, 6) is 1.07. The van der Waals surface area contributed by atoms with Gasteiger partial charge in [-0.05, 0) is 51.2 Å². The Labute approximate surface area is 118 Å². The van der Waals surface area contributed by atoms with Gasteiger partial charge in [-0.15, -0.1) is 0 Å². The first-order valence-corrected chi connectivity index (χ1v) is 8.21. The molecule has 1 N–H and O–H groups in total. The molecule has 2 aliphatic heterocycles. The number of likely N-dealkylation sites (tertiary alicyclic amines) is 1. The number of carbonyl (C=O) groups excluding carboxylic acids is 1. The minimum atomic E-state index is 0.238. The Kier molecular flexibility index (Phi) is 5.83. The van der Waals surface area contributed by atoms with Crippen molar-refractivity contribution in [3.63, 3.8) is 0 Å². The van der Waals surface area contributed by atoms with Crippen LogP contribution in [0.5, 0.6) is 0 Å². The largest absolute Gasteiger partial charge is 0.317 e. The molecule has 0 aliphatic carbocycles. The lowest BCUT2D eigenvalue weighted by Crippen LogP contribution is -2.48. The maximum Gasteiger partial charge on any atom is 0.150 e. The first kappa shape index (κ1) is 15.0. The van der Waals surface area contributed by atoms with E-state index >= 15 is 0 Å². The van der Waals surface area contributed by atoms with Gasteiger partial charge in [-0.3, -0.25) is 9.69 Å². The number of carbonyl (C=O) groups is 1. The maximum absolute atomic E-state index is 12.5. The van der Waals surface area contributed by atoms with Crippen LogP contribution in [0, 0.1) is 5.92 Å². The highest BCUT2D eigenvalue weighted by Gasteiger charge is 2.35. The lowest BCUT2D eigenvalue weighted by molar-refractivity contribution is -0.125. The van der Waals surface area contributed by atoms with Crippen LogP contribution < -0.4 is 5.32 Å². The molecule has 2 aliphatic rings. The van der Waals surface area contributed by atoms with Crippen LogP contribution in [0.25, 0.3) is 0 Å². The molecule has 0 bridgehead atoms. The number of hydrogen-bond donors (Lipinski definition) is 1. The van der Waals surface area contributed by atoms with E-state index in [0.29, 0.717) is 17.7 Å². The van der Waals surface area contributed by atoms with Crippen LogP contribution >= 0.6 is 0 Å². The summed E-state index contributed by atoms with van der Waals surface area (Å²) in [7, 11) is 0. The molecule has 2 unspecified atom stereocenters. The Balaban J connectivity index is 1.88. The van der Waals surface area contributed by atoms with Gasteiger partial charge in [0.1, 0.15) is 5.78 Å². The average Bonchev–Trinajstić information content (AvgIpc) is 2.89. The first-order chi connectivity index (χ1) is 9.22. The van der Waals surface area contributed by atoms with Gasteiger partial charge in [-0.25, -0.2) is 0 Å². The lowest BCUT2D eigenvalue weighted by Gasteiger charge is -2.35. The molecule has 2 saturated heterocycles. The summed E-state index contributed by atoms with van der Waals surface area (Å²) >= 11 is 0. The molecular formula is C16H30N2O. The SMILES string of the molecule is CCCC(C)CC(=O)C1CCCN1C1CCNCC1. The van der Waals surface area contributed by atoms with E-state index in [1.54, 1.807) is 0 Å². The van der Waals surface area contributed by atoms with Crippen molar-refractivity contribution in [2.24, 2.45) is 5.92 Å². The molecule has 0 spiro atoms. The van der Waals surface area contributed by atoms with Gasteiger partial charge in [0.25, 0.3) is 0 Å². The number of Topliss-reactive ketones (excluding diaryl/α,β-unsaturated/α-hetero) is 1. The molecule has 0 aromatic carbocycles. The summed E-state index contributed by atoms with van der Waals surface area (Å²) in [6, 6.07) is 0.890. The smallest absolute Gasteiger partial charge is 0.150 e. The Morgan fingerprint density at radius 1 is 1.32 bits per heavy atom. The normalized spacial score (nSPS) is 27.6. The molecule has 2 heterocycles. The second-order valence-electron chi connectivity index (χ2n) is 6.44. The van der Waals surface area contributed by atoms with E-state index in [1.165, 1.54) is 32.1 Å². The second kappa shape index (κ2) is 7.39. The monoisotopic (exact) mass is 266 g/mol. The Bertz CT molecular complexity index is 286. The van der Waals surface area contributed by atoms with Crippen molar-refractivity contribution in [2.75, 3.05) is 19.6 Å². The van der Waals surface area contributed by atoms with Crippen LogP contribution in [0.3, 0.4) is 0 Å². The van der Waals surface area contributed by atoms with Crippen molar-refractivity contribution in [2.45, 2.75) is 70.9 Å². The summed E-state index contributed by atoms with van der Waals surface area (Å²) in [5.41, 5.74) is 0. The third kappa shape index (κ3) is 4.03. The van der Waals surface area contributed by atoms with Crippen LogP contribution in [0.1, 0.15) is 58.8 Å². The van der Waals surface area contributed by atoms with Gasteiger partial charge in [-0.1, -0.05) is 26.7 Å². The maximum atomic E-state index is 12.5. The summed E-state index contributed by atoms with van der Waals surface area (Å²) in [6.45, 7) is 7.81. The molecule has 0 aromatic heterocycles. The van der Waals surface area contributed by atoms with E-state index in [4.69, 9.17) is 0 Å². The van der Waals surface area contributed by atoms with Crippen molar-refractivity contribution in [1.82, 2.24) is 10.2 Å². The minimum absolute atomic E-state index is 0.238. The van der Waals surface area contributed by atoms with Crippen LogP contribution in [-0.4, -0.2) is 42.4 Å². The molecular weight excluding hydrogens is 236 g/mol. The minimum Gasteiger partial charge on any atom is -0.317 e. The average molecular weight is 266 g/mol. The summed E-state index contributed by atoms with van der Waals surface area (Å²) in [4.78, 5) is 15.1. The van der Waals surface area contributed by atoms with E-state index in [9.17, 15) is 4.79 Å². The van der Waals surface area contributed by atoms with Gasteiger partial charge in [0.2, 0.25) is 0 Å². The third-order valence-corrected chi connectivity index (χ3v) is 4.77. The molecule has 0 amide bonds. The summed E-state index contributed by atoms with van der Waals surface area (Å²) in [6.07, 6.45) is 7.91. The van der Waals surface area contributed by atoms with Gasteiger partial charge < -0.3 is 5.32 Å². The number of ketones is 1. The molecule has 0 saturated carbocycles. The summed E-state index contributed by atoms with van der Waals surface area (Å²) < 4.78 is 0. The molecule has 3 heteroatoms. The fourth-order valence-electron chi connectivity index (χ4n) is 3.78. The van der Waals surface area contributed by atoms with Crippen LogP contribution in [0.4, 0.5) is 0 Å². The third-order valence-electron chi connectivity index (χ3n) is 4.77. The molecule has 110 valence electrons. The molecule has 2 rings (SSSR count). The zero-order valence-corrected chi connectivity index (χ0v) is 12.7. The molecule has 3 nitrogen and oxygen atoms in total. The van der Waals surface area contributed by atoms with E-state index in [2.05, 4.69) is 24.1 Å². The molecule has 2 atom stereocenters. The number of rotatable bonds is 6. The van der Waals surface area contributed by atoms with Crippen molar-refractivity contribution < 1.29 is 4.79 Å². The second-order valence-corrected chi connectivity index (χ2v) is 6.44. The highest BCUT2D eigenvalue weighted by Crippen LogP contribution is 2.27. The van der Waals surface area contributed by atoms with E-state index < -0.39 is 0 Å².